The standard InChI is InChI=1S/C14H20N4OS/c1-10(2)18-14-11(8-16-18)7-13(9-15-14)17-12-3-5-20(19)6-4-12/h7-10,12,17H,3-6H2,1-2H3. The number of fused-ring (bicyclic) bond motifs is 1. The monoisotopic (exact) mass is 292 g/mol. The predicted molar refractivity (Wildman–Crippen MR) is 82.4 cm³/mol. The molecule has 1 aliphatic rings. The zero-order valence-corrected chi connectivity index (χ0v) is 12.7. The molecular weight excluding hydrogens is 272 g/mol. The van der Waals surface area contributed by atoms with E-state index in [4.69, 9.17) is 0 Å². The molecule has 0 radical (unpaired) electrons. The van der Waals surface area contributed by atoms with Crippen molar-refractivity contribution in [3.63, 3.8) is 0 Å². The third kappa shape index (κ3) is 2.70. The molecular formula is C14H20N4OS. The van der Waals surface area contributed by atoms with Crippen molar-refractivity contribution < 1.29 is 4.21 Å². The number of aromatic nitrogens is 3. The minimum atomic E-state index is -0.612. The van der Waals surface area contributed by atoms with E-state index in [-0.39, 0.29) is 0 Å². The molecule has 0 unspecified atom stereocenters. The fourth-order valence-electron chi connectivity index (χ4n) is 2.57. The van der Waals surface area contributed by atoms with Crippen molar-refractivity contribution in [2.24, 2.45) is 0 Å². The van der Waals surface area contributed by atoms with Gasteiger partial charge >= 0.3 is 0 Å². The van der Waals surface area contributed by atoms with Gasteiger partial charge in [0.2, 0.25) is 0 Å². The molecule has 5 nitrogen and oxygen atoms in total. The van der Waals surface area contributed by atoms with Crippen molar-refractivity contribution in [2.45, 2.75) is 38.8 Å². The van der Waals surface area contributed by atoms with Crippen molar-refractivity contribution in [2.75, 3.05) is 16.8 Å². The maximum atomic E-state index is 11.4. The van der Waals surface area contributed by atoms with E-state index < -0.39 is 10.8 Å². The van der Waals surface area contributed by atoms with E-state index in [1.807, 2.05) is 17.1 Å². The molecule has 0 spiro atoms. The van der Waals surface area contributed by atoms with Gasteiger partial charge in [-0.2, -0.15) is 5.10 Å². The summed E-state index contributed by atoms with van der Waals surface area (Å²) in [7, 11) is -0.612. The lowest BCUT2D eigenvalue weighted by Gasteiger charge is -2.23. The van der Waals surface area contributed by atoms with Crippen LogP contribution in [0, 0.1) is 0 Å². The smallest absolute Gasteiger partial charge is 0.158 e. The summed E-state index contributed by atoms with van der Waals surface area (Å²) in [4.78, 5) is 4.52. The fourth-order valence-corrected chi connectivity index (χ4v) is 3.87. The maximum Gasteiger partial charge on any atom is 0.158 e. The fraction of sp³-hybridized carbons (Fsp3) is 0.571. The summed E-state index contributed by atoms with van der Waals surface area (Å²) in [6.07, 6.45) is 5.67. The van der Waals surface area contributed by atoms with Crippen LogP contribution in [0.4, 0.5) is 5.69 Å². The van der Waals surface area contributed by atoms with E-state index >= 15 is 0 Å². The summed E-state index contributed by atoms with van der Waals surface area (Å²) in [6, 6.07) is 2.82. The molecule has 20 heavy (non-hydrogen) atoms. The van der Waals surface area contributed by atoms with Crippen molar-refractivity contribution >= 4 is 27.5 Å². The largest absolute Gasteiger partial charge is 0.381 e. The molecule has 6 heteroatoms. The molecule has 1 N–H and O–H groups in total. The van der Waals surface area contributed by atoms with Gasteiger partial charge in [-0.25, -0.2) is 9.67 Å². The van der Waals surface area contributed by atoms with Crippen molar-refractivity contribution in [3.05, 3.63) is 18.5 Å². The average Bonchev–Trinajstić information content (AvgIpc) is 2.84. The topological polar surface area (TPSA) is 59.8 Å². The van der Waals surface area contributed by atoms with Gasteiger partial charge in [0, 0.05) is 39.8 Å². The molecule has 1 fully saturated rings. The number of hydrogen-bond acceptors (Lipinski definition) is 4. The van der Waals surface area contributed by atoms with Crippen LogP contribution in [0.3, 0.4) is 0 Å². The molecule has 0 amide bonds. The molecule has 0 aliphatic carbocycles. The Morgan fingerprint density at radius 3 is 2.80 bits per heavy atom. The van der Waals surface area contributed by atoms with Crippen LogP contribution >= 0.6 is 0 Å². The Kier molecular flexibility index (Phi) is 3.74. The van der Waals surface area contributed by atoms with Gasteiger partial charge in [0.25, 0.3) is 0 Å². The highest BCUT2D eigenvalue weighted by Crippen LogP contribution is 2.21. The van der Waals surface area contributed by atoms with Gasteiger partial charge in [0.05, 0.1) is 18.1 Å². The SMILES string of the molecule is CC(C)n1ncc2cc(NC3CCS(=O)CC3)cnc21. The highest BCUT2D eigenvalue weighted by Gasteiger charge is 2.18. The molecule has 3 rings (SSSR count). The van der Waals surface area contributed by atoms with Crippen molar-refractivity contribution in [3.8, 4) is 0 Å². The highest BCUT2D eigenvalue weighted by atomic mass is 32.2. The van der Waals surface area contributed by atoms with E-state index in [1.165, 1.54) is 0 Å². The molecule has 1 saturated heterocycles. The van der Waals surface area contributed by atoms with Gasteiger partial charge in [0.1, 0.15) is 0 Å². The van der Waals surface area contributed by atoms with Crippen LogP contribution in [0.2, 0.25) is 0 Å². The van der Waals surface area contributed by atoms with Crippen LogP contribution in [-0.2, 0) is 10.8 Å². The molecule has 0 aromatic carbocycles. The third-order valence-corrected chi connectivity index (χ3v) is 5.06. The predicted octanol–water partition coefficient (Wildman–Crippen LogP) is 2.34. The number of nitrogens with zero attached hydrogens (tertiary/aromatic N) is 3. The minimum absolute atomic E-state index is 0.312. The summed E-state index contributed by atoms with van der Waals surface area (Å²) >= 11 is 0. The summed E-state index contributed by atoms with van der Waals surface area (Å²) in [6.45, 7) is 4.20. The summed E-state index contributed by atoms with van der Waals surface area (Å²) in [5, 5.41) is 8.94. The van der Waals surface area contributed by atoms with Crippen molar-refractivity contribution in [1.82, 2.24) is 14.8 Å². The number of hydrogen-bond donors (Lipinski definition) is 1. The second kappa shape index (κ2) is 5.52. The first-order valence-electron chi connectivity index (χ1n) is 7.08. The molecule has 2 aromatic rings. The van der Waals surface area contributed by atoms with E-state index in [0.717, 1.165) is 41.1 Å². The van der Waals surface area contributed by atoms with Gasteiger partial charge in [-0.15, -0.1) is 0 Å². The Morgan fingerprint density at radius 1 is 1.35 bits per heavy atom. The quantitative estimate of drug-likeness (QED) is 0.943. The molecule has 0 bridgehead atoms. The zero-order chi connectivity index (χ0) is 14.1. The Labute approximate surface area is 121 Å². The lowest BCUT2D eigenvalue weighted by molar-refractivity contribution is 0.546. The summed E-state index contributed by atoms with van der Waals surface area (Å²) in [5.74, 6) is 1.61. The Morgan fingerprint density at radius 2 is 2.10 bits per heavy atom. The van der Waals surface area contributed by atoms with E-state index in [0.29, 0.717) is 12.1 Å². The van der Waals surface area contributed by atoms with Gasteiger partial charge in [-0.1, -0.05) is 0 Å². The first kappa shape index (κ1) is 13.5. The van der Waals surface area contributed by atoms with E-state index in [9.17, 15) is 4.21 Å². The van der Waals surface area contributed by atoms with Gasteiger partial charge in [-0.05, 0) is 32.8 Å². The Balaban J connectivity index is 1.78. The van der Waals surface area contributed by atoms with Gasteiger partial charge in [0.15, 0.2) is 5.65 Å². The van der Waals surface area contributed by atoms with E-state index in [2.05, 4.69) is 35.3 Å². The number of nitrogens with one attached hydrogen (secondary N) is 1. The minimum Gasteiger partial charge on any atom is -0.381 e. The molecule has 1 aliphatic heterocycles. The maximum absolute atomic E-state index is 11.4. The second-order valence-corrected chi connectivity index (χ2v) is 7.28. The molecule has 0 atom stereocenters. The average molecular weight is 292 g/mol. The lowest BCUT2D eigenvalue weighted by atomic mass is 10.1. The summed E-state index contributed by atoms with van der Waals surface area (Å²) < 4.78 is 13.3. The van der Waals surface area contributed by atoms with Crippen LogP contribution in [-0.4, -0.2) is 36.5 Å². The number of rotatable bonds is 3. The highest BCUT2D eigenvalue weighted by molar-refractivity contribution is 7.85. The molecule has 3 heterocycles. The molecule has 108 valence electrons. The zero-order valence-electron chi connectivity index (χ0n) is 11.9. The van der Waals surface area contributed by atoms with Crippen molar-refractivity contribution in [1.29, 1.82) is 0 Å². The third-order valence-electron chi connectivity index (χ3n) is 3.68. The van der Waals surface area contributed by atoms with Crippen LogP contribution in [0.25, 0.3) is 11.0 Å². The van der Waals surface area contributed by atoms with Crippen LogP contribution in [0.1, 0.15) is 32.7 Å². The van der Waals surface area contributed by atoms with Crippen LogP contribution in [0.15, 0.2) is 18.5 Å². The molecule has 2 aromatic heterocycles. The first-order valence-corrected chi connectivity index (χ1v) is 8.57. The first-order chi connectivity index (χ1) is 9.63. The Bertz CT molecular complexity index is 627. The van der Waals surface area contributed by atoms with Gasteiger partial charge < -0.3 is 5.32 Å². The normalized spacial score (nSPS) is 23.4. The van der Waals surface area contributed by atoms with E-state index in [1.54, 1.807) is 0 Å². The van der Waals surface area contributed by atoms with Gasteiger partial charge in [-0.3, -0.25) is 4.21 Å². The Hall–Kier alpha value is -1.43. The van der Waals surface area contributed by atoms with Crippen LogP contribution in [0.5, 0.6) is 0 Å². The second-order valence-electron chi connectivity index (χ2n) is 5.59. The van der Waals surface area contributed by atoms with Crippen LogP contribution < -0.4 is 5.32 Å². The lowest BCUT2D eigenvalue weighted by Crippen LogP contribution is -2.29. The number of pyridine rings is 1. The molecule has 0 saturated carbocycles. The summed E-state index contributed by atoms with van der Waals surface area (Å²) in [5.41, 5.74) is 1.95. The number of anilines is 1.